The maximum Gasteiger partial charge on any atom is 0.410 e. The lowest BCUT2D eigenvalue weighted by molar-refractivity contribution is -0.174. The summed E-state index contributed by atoms with van der Waals surface area (Å²) in [7, 11) is 2.93. The Hall–Kier alpha value is -1.72. The van der Waals surface area contributed by atoms with E-state index in [4.69, 9.17) is 4.74 Å². The summed E-state index contributed by atoms with van der Waals surface area (Å²) in [5.74, 6) is 0.727. The van der Waals surface area contributed by atoms with Crippen LogP contribution in [0.3, 0.4) is 0 Å². The van der Waals surface area contributed by atoms with E-state index in [0.717, 1.165) is 27.4 Å². The van der Waals surface area contributed by atoms with E-state index in [0.29, 0.717) is 5.71 Å². The van der Waals surface area contributed by atoms with Gasteiger partial charge in [-0.25, -0.2) is 0 Å². The molecular formula is C14H17F3N2O. The van der Waals surface area contributed by atoms with E-state index in [1.165, 1.54) is 7.05 Å². The van der Waals surface area contributed by atoms with Gasteiger partial charge in [-0.3, -0.25) is 5.01 Å². The van der Waals surface area contributed by atoms with Crippen LogP contribution in [0.15, 0.2) is 17.2 Å². The van der Waals surface area contributed by atoms with Crippen LogP contribution >= 0.6 is 0 Å². The van der Waals surface area contributed by atoms with E-state index in [2.05, 4.69) is 5.10 Å². The average molecular weight is 286 g/mol. The van der Waals surface area contributed by atoms with Crippen LogP contribution in [0.2, 0.25) is 0 Å². The quantitative estimate of drug-likeness (QED) is 0.833. The number of halogens is 3. The standard InChI is InChI=1S/C14H17F3N2O/c1-8-6-12(20-4)9(2)5-10(8)11-7-13(14(15,16)17)19(3)18-11/h5-6,13H,7H2,1-4H3. The Morgan fingerprint density at radius 3 is 2.40 bits per heavy atom. The molecule has 20 heavy (non-hydrogen) atoms. The molecule has 1 aromatic rings. The minimum Gasteiger partial charge on any atom is -0.496 e. The van der Waals surface area contributed by atoms with Crippen LogP contribution in [0.1, 0.15) is 23.1 Å². The molecule has 0 N–H and O–H groups in total. The fourth-order valence-corrected chi connectivity index (χ4v) is 2.43. The van der Waals surface area contributed by atoms with Crippen molar-refractivity contribution in [2.24, 2.45) is 5.10 Å². The van der Waals surface area contributed by atoms with Crippen molar-refractivity contribution in [1.29, 1.82) is 0 Å². The van der Waals surface area contributed by atoms with Gasteiger partial charge in [0.1, 0.15) is 11.8 Å². The van der Waals surface area contributed by atoms with Crippen molar-refractivity contribution in [2.45, 2.75) is 32.5 Å². The van der Waals surface area contributed by atoms with Gasteiger partial charge in [-0.05, 0) is 37.1 Å². The Labute approximate surface area is 116 Å². The second kappa shape index (κ2) is 5.00. The summed E-state index contributed by atoms with van der Waals surface area (Å²) in [6.07, 6.45) is -4.39. The number of methoxy groups -OCH3 is 1. The molecule has 0 saturated carbocycles. The molecule has 1 atom stereocenters. The lowest BCUT2D eigenvalue weighted by Gasteiger charge is -2.21. The van der Waals surface area contributed by atoms with Crippen LogP contribution in [0.5, 0.6) is 5.75 Å². The summed E-state index contributed by atoms with van der Waals surface area (Å²) >= 11 is 0. The van der Waals surface area contributed by atoms with Gasteiger partial charge in [0.2, 0.25) is 0 Å². The van der Waals surface area contributed by atoms with Gasteiger partial charge in [0.15, 0.2) is 0 Å². The van der Waals surface area contributed by atoms with Crippen molar-refractivity contribution < 1.29 is 17.9 Å². The van der Waals surface area contributed by atoms with Crippen LogP contribution in [0, 0.1) is 13.8 Å². The van der Waals surface area contributed by atoms with Gasteiger partial charge in [-0.15, -0.1) is 0 Å². The van der Waals surface area contributed by atoms with E-state index in [1.807, 2.05) is 26.0 Å². The number of hydrogen-bond donors (Lipinski definition) is 0. The second-order valence-corrected chi connectivity index (χ2v) is 5.02. The smallest absolute Gasteiger partial charge is 0.410 e. The molecule has 0 aromatic heterocycles. The monoisotopic (exact) mass is 286 g/mol. The van der Waals surface area contributed by atoms with Crippen molar-refractivity contribution in [3.63, 3.8) is 0 Å². The maximum atomic E-state index is 12.9. The Bertz CT molecular complexity index is 552. The fourth-order valence-electron chi connectivity index (χ4n) is 2.43. The summed E-state index contributed by atoms with van der Waals surface area (Å²) < 4.78 is 43.8. The number of aryl methyl sites for hydroxylation is 2. The first kappa shape index (κ1) is 14.7. The second-order valence-electron chi connectivity index (χ2n) is 5.02. The van der Waals surface area contributed by atoms with Gasteiger partial charge in [-0.2, -0.15) is 18.3 Å². The molecular weight excluding hydrogens is 269 g/mol. The third-order valence-corrected chi connectivity index (χ3v) is 3.55. The Balaban J connectivity index is 2.35. The molecule has 0 aliphatic carbocycles. The SMILES string of the molecule is COc1cc(C)c(C2=NN(C)C(C(F)(F)F)C2)cc1C. The van der Waals surface area contributed by atoms with Gasteiger partial charge in [-0.1, -0.05) is 0 Å². The van der Waals surface area contributed by atoms with Gasteiger partial charge in [0, 0.05) is 19.0 Å². The van der Waals surface area contributed by atoms with Crippen molar-refractivity contribution >= 4 is 5.71 Å². The van der Waals surface area contributed by atoms with Crippen LogP contribution < -0.4 is 4.74 Å². The molecule has 0 amide bonds. The van der Waals surface area contributed by atoms with Gasteiger partial charge < -0.3 is 4.74 Å². The van der Waals surface area contributed by atoms with E-state index in [9.17, 15) is 13.2 Å². The molecule has 0 saturated heterocycles. The molecule has 2 rings (SSSR count). The number of benzene rings is 1. The molecule has 1 heterocycles. The average Bonchev–Trinajstić information content (AvgIpc) is 2.73. The van der Waals surface area contributed by atoms with E-state index in [-0.39, 0.29) is 6.42 Å². The molecule has 0 radical (unpaired) electrons. The molecule has 1 unspecified atom stereocenters. The highest BCUT2D eigenvalue weighted by atomic mass is 19.4. The zero-order valence-corrected chi connectivity index (χ0v) is 11.9. The Kier molecular flexibility index (Phi) is 3.67. The molecule has 0 fully saturated rings. The maximum absolute atomic E-state index is 12.9. The summed E-state index contributed by atoms with van der Waals surface area (Å²) in [5, 5.41) is 5.05. The number of nitrogens with zero attached hydrogens (tertiary/aromatic N) is 2. The molecule has 1 aromatic carbocycles. The van der Waals surface area contributed by atoms with Crippen molar-refractivity contribution in [2.75, 3.05) is 14.2 Å². The van der Waals surface area contributed by atoms with Gasteiger partial charge >= 0.3 is 6.18 Å². The summed E-state index contributed by atoms with van der Waals surface area (Å²) in [5.41, 5.74) is 2.97. The molecule has 1 aliphatic rings. The zero-order valence-electron chi connectivity index (χ0n) is 11.9. The minimum absolute atomic E-state index is 0.118. The lowest BCUT2D eigenvalue weighted by atomic mass is 9.97. The third kappa shape index (κ3) is 2.59. The number of ether oxygens (including phenoxy) is 1. The fraction of sp³-hybridized carbons (Fsp3) is 0.500. The summed E-state index contributed by atoms with van der Waals surface area (Å²) in [4.78, 5) is 0. The van der Waals surface area contributed by atoms with Crippen LogP contribution in [0.4, 0.5) is 13.2 Å². The highest BCUT2D eigenvalue weighted by molar-refractivity contribution is 6.03. The largest absolute Gasteiger partial charge is 0.496 e. The highest BCUT2D eigenvalue weighted by Gasteiger charge is 2.46. The van der Waals surface area contributed by atoms with E-state index >= 15 is 0 Å². The van der Waals surface area contributed by atoms with Crippen molar-refractivity contribution in [3.05, 3.63) is 28.8 Å². The molecule has 0 bridgehead atoms. The third-order valence-electron chi connectivity index (χ3n) is 3.55. The molecule has 6 heteroatoms. The Morgan fingerprint density at radius 2 is 1.90 bits per heavy atom. The first-order valence-corrected chi connectivity index (χ1v) is 6.26. The van der Waals surface area contributed by atoms with Crippen LogP contribution in [-0.2, 0) is 0 Å². The summed E-state index contributed by atoms with van der Waals surface area (Å²) in [6, 6.07) is 2.12. The number of alkyl halides is 3. The number of rotatable bonds is 2. The lowest BCUT2D eigenvalue weighted by Crippen LogP contribution is -2.37. The normalized spacial score (nSPS) is 19.2. The molecule has 3 nitrogen and oxygen atoms in total. The van der Waals surface area contributed by atoms with Crippen molar-refractivity contribution in [1.82, 2.24) is 5.01 Å². The predicted octanol–water partition coefficient (Wildman–Crippen LogP) is 3.28. The number of hydrazone groups is 1. The van der Waals surface area contributed by atoms with Gasteiger partial charge in [0.05, 0.1) is 12.8 Å². The topological polar surface area (TPSA) is 24.8 Å². The van der Waals surface area contributed by atoms with Gasteiger partial charge in [0.25, 0.3) is 0 Å². The van der Waals surface area contributed by atoms with Crippen molar-refractivity contribution in [3.8, 4) is 5.75 Å². The van der Waals surface area contributed by atoms with Crippen LogP contribution in [-0.4, -0.2) is 37.1 Å². The Morgan fingerprint density at radius 1 is 1.25 bits per heavy atom. The molecule has 0 spiro atoms. The highest BCUT2D eigenvalue weighted by Crippen LogP contribution is 2.33. The minimum atomic E-state index is -4.27. The molecule has 1 aliphatic heterocycles. The van der Waals surface area contributed by atoms with E-state index < -0.39 is 12.2 Å². The first-order valence-electron chi connectivity index (χ1n) is 6.26. The first-order chi connectivity index (χ1) is 9.24. The molecule has 110 valence electrons. The van der Waals surface area contributed by atoms with Crippen LogP contribution in [0.25, 0.3) is 0 Å². The van der Waals surface area contributed by atoms with E-state index in [1.54, 1.807) is 7.11 Å². The summed E-state index contributed by atoms with van der Waals surface area (Å²) in [6.45, 7) is 3.71. The zero-order chi connectivity index (χ0) is 15.1. The predicted molar refractivity (Wildman–Crippen MR) is 71.2 cm³/mol. The number of hydrogen-bond acceptors (Lipinski definition) is 3.